The van der Waals surface area contributed by atoms with Crippen molar-refractivity contribution < 1.29 is 20.9 Å². The fourth-order valence-corrected chi connectivity index (χ4v) is 27.5. The van der Waals surface area contributed by atoms with E-state index in [0.29, 0.717) is 7.25 Å². The molecule has 0 N–H and O–H groups in total. The van der Waals surface area contributed by atoms with Crippen LogP contribution in [0.1, 0.15) is 82.2 Å². The number of rotatable bonds is 3. The van der Waals surface area contributed by atoms with E-state index in [-0.39, 0.29) is 10.8 Å². The van der Waals surface area contributed by atoms with E-state index in [4.69, 9.17) is 0 Å². The van der Waals surface area contributed by atoms with Gasteiger partial charge in [-0.3, -0.25) is 0 Å². The summed E-state index contributed by atoms with van der Waals surface area (Å²) in [5.41, 5.74) is 12.7. The molecule has 2 aliphatic rings. The number of hydrogen-bond acceptors (Lipinski definition) is 0. The molecule has 1 unspecified atom stereocenters. The molecule has 0 saturated carbocycles. The first kappa shape index (κ1) is 24.2. The molecule has 0 heterocycles. The van der Waals surface area contributed by atoms with E-state index in [1.807, 2.05) is 0 Å². The number of fused-ring (bicyclic) bond motifs is 4. The second-order valence-corrected chi connectivity index (χ2v) is 32.8. The first-order valence-electron chi connectivity index (χ1n) is 12.9. The Morgan fingerprint density at radius 2 is 1.21 bits per heavy atom. The molecule has 0 spiro atoms. The molecular formula is C32H39SiZr. The average Bonchev–Trinajstić information content (AvgIpc) is 3.32. The van der Waals surface area contributed by atoms with Gasteiger partial charge in [0.1, 0.15) is 0 Å². The number of benzene rings is 3. The zero-order valence-corrected chi connectivity index (χ0v) is 25.8. The predicted molar refractivity (Wildman–Crippen MR) is 148 cm³/mol. The zero-order valence-electron chi connectivity index (χ0n) is 22.2. The van der Waals surface area contributed by atoms with Gasteiger partial charge < -0.3 is 0 Å². The summed E-state index contributed by atoms with van der Waals surface area (Å²) in [5.74, 6) is -0.838. The molecule has 2 heteroatoms. The summed E-state index contributed by atoms with van der Waals surface area (Å²) in [6, 6.07) is 24.1. The summed E-state index contributed by atoms with van der Waals surface area (Å²) in [5, 5.41) is 0. The van der Waals surface area contributed by atoms with Gasteiger partial charge in [0.25, 0.3) is 0 Å². The monoisotopic (exact) mass is 541 g/mol. The van der Waals surface area contributed by atoms with Gasteiger partial charge in [0.2, 0.25) is 0 Å². The Bertz CT molecular complexity index is 1210. The van der Waals surface area contributed by atoms with Crippen molar-refractivity contribution in [1.82, 2.24) is 0 Å². The molecule has 0 aromatic heterocycles. The second kappa shape index (κ2) is 8.56. The van der Waals surface area contributed by atoms with Crippen LogP contribution < -0.4 is 0 Å². The molecule has 3 aromatic carbocycles. The van der Waals surface area contributed by atoms with Crippen LogP contribution in [0.5, 0.6) is 0 Å². The van der Waals surface area contributed by atoms with Crippen LogP contribution in [-0.2, 0) is 31.7 Å². The first-order valence-corrected chi connectivity index (χ1v) is 22.9. The van der Waals surface area contributed by atoms with Crippen LogP contribution in [-0.4, -0.2) is 5.92 Å². The third kappa shape index (κ3) is 4.10. The van der Waals surface area contributed by atoms with Gasteiger partial charge in [0, 0.05) is 0 Å². The topological polar surface area (TPSA) is 0 Å². The van der Waals surface area contributed by atoms with Gasteiger partial charge in [0.05, 0.1) is 0 Å². The number of hydrogen-bond donors (Lipinski definition) is 0. The molecule has 0 aliphatic heterocycles. The quantitative estimate of drug-likeness (QED) is 0.290. The maximum atomic E-state index is 2.66. The van der Waals surface area contributed by atoms with E-state index >= 15 is 0 Å². The van der Waals surface area contributed by atoms with Crippen molar-refractivity contribution in [1.29, 1.82) is 0 Å². The Morgan fingerprint density at radius 1 is 0.676 bits per heavy atom. The van der Waals surface area contributed by atoms with Crippen LogP contribution >= 0.6 is 0 Å². The molecule has 0 bridgehead atoms. The van der Waals surface area contributed by atoms with Gasteiger partial charge in [-0.05, 0) is 0 Å². The Hall–Kier alpha value is -1.50. The molecule has 1 atom stereocenters. The molecule has 0 amide bonds. The van der Waals surface area contributed by atoms with E-state index in [9.17, 15) is 0 Å². The zero-order chi connectivity index (χ0) is 24.4. The van der Waals surface area contributed by atoms with Gasteiger partial charge in [-0.25, -0.2) is 0 Å². The standard InChI is InChI=1S/C21H25.C9H7.C2H7Si.Zr/c1-20(2,3)16-7-9-18-14(12-16)11-15-13-17(21(4,5)6)8-10-19(15)18;1-2-5-9-7-3-6-8(9)4-1;1-3-2;/h7-13H,1-6H3;1-7H;3H,1-2H3;. The molecule has 175 valence electrons. The summed E-state index contributed by atoms with van der Waals surface area (Å²) in [7, 11) is 0. The summed E-state index contributed by atoms with van der Waals surface area (Å²) < 4.78 is 1.36. The SMILES string of the molecule is C[SiH](C)[Zr]([CH]1C=Cc2ccccc21)[CH]1c2cc(C(C)(C)C)ccc2-c2ccc(C(C)(C)C)cc21. The van der Waals surface area contributed by atoms with Crippen LogP contribution in [0, 0.1) is 0 Å². The van der Waals surface area contributed by atoms with Crippen molar-refractivity contribution in [2.45, 2.75) is 72.7 Å². The van der Waals surface area contributed by atoms with E-state index in [1.165, 1.54) is 27.8 Å². The fraction of sp³-hybridized carbons (Fsp3) is 0.375. The molecule has 3 aromatic rings. The maximum absolute atomic E-state index is 2.66. The van der Waals surface area contributed by atoms with Gasteiger partial charge in [-0.2, -0.15) is 0 Å². The molecule has 0 nitrogen and oxygen atoms in total. The van der Waals surface area contributed by atoms with Gasteiger partial charge >= 0.3 is 217 Å². The Morgan fingerprint density at radius 3 is 1.71 bits per heavy atom. The van der Waals surface area contributed by atoms with Crippen molar-refractivity contribution in [3.63, 3.8) is 0 Å². The second-order valence-electron chi connectivity index (χ2n) is 12.7. The summed E-state index contributed by atoms with van der Waals surface area (Å²) in [6.45, 7) is 19.5. The summed E-state index contributed by atoms with van der Waals surface area (Å²) in [4.78, 5) is 0. The minimum absolute atomic E-state index is 0.170. The number of allylic oxidation sites excluding steroid dienone is 1. The summed E-state index contributed by atoms with van der Waals surface area (Å²) >= 11 is -2.00. The van der Waals surface area contributed by atoms with E-state index < -0.39 is 26.8 Å². The molecule has 34 heavy (non-hydrogen) atoms. The minimum atomic E-state index is -2.00. The fourth-order valence-electron chi connectivity index (χ4n) is 5.97. The van der Waals surface area contributed by atoms with Crippen molar-refractivity contribution >= 4 is 12.0 Å². The molecule has 2 aliphatic carbocycles. The molecule has 0 fully saturated rings. The van der Waals surface area contributed by atoms with Crippen LogP contribution in [0.25, 0.3) is 17.2 Å². The normalized spacial score (nSPS) is 17.1. The van der Waals surface area contributed by atoms with Crippen LogP contribution in [0.4, 0.5) is 0 Å². The Kier molecular flexibility index (Phi) is 6.10. The van der Waals surface area contributed by atoms with Gasteiger partial charge in [-0.1, -0.05) is 0 Å². The van der Waals surface area contributed by atoms with Crippen LogP contribution in [0.15, 0.2) is 66.7 Å². The van der Waals surface area contributed by atoms with E-state index in [2.05, 4.69) is 127 Å². The predicted octanol–water partition coefficient (Wildman–Crippen LogP) is 8.72. The molecular weight excluding hydrogens is 504 g/mol. The van der Waals surface area contributed by atoms with Crippen molar-refractivity contribution in [2.75, 3.05) is 0 Å². The first-order chi connectivity index (χ1) is 16.0. The third-order valence-electron chi connectivity index (χ3n) is 7.91. The average molecular weight is 543 g/mol. The Balaban J connectivity index is 1.74. The molecule has 0 radical (unpaired) electrons. The third-order valence-corrected chi connectivity index (χ3v) is 29.3. The van der Waals surface area contributed by atoms with Crippen LogP contribution in [0.3, 0.4) is 0 Å². The molecule has 5 rings (SSSR count). The van der Waals surface area contributed by atoms with E-state index in [1.54, 1.807) is 16.7 Å². The van der Waals surface area contributed by atoms with Crippen molar-refractivity contribution in [2.24, 2.45) is 0 Å². The van der Waals surface area contributed by atoms with Crippen molar-refractivity contribution in [3.8, 4) is 11.1 Å². The van der Waals surface area contributed by atoms with Gasteiger partial charge in [0.15, 0.2) is 0 Å². The van der Waals surface area contributed by atoms with Crippen molar-refractivity contribution in [3.05, 3.63) is 100 Å². The van der Waals surface area contributed by atoms with E-state index in [0.717, 1.165) is 0 Å². The Labute approximate surface area is 215 Å². The van der Waals surface area contributed by atoms with Crippen LogP contribution in [0.2, 0.25) is 13.1 Å². The summed E-state index contributed by atoms with van der Waals surface area (Å²) in [6.07, 6.45) is 5.02. The van der Waals surface area contributed by atoms with Gasteiger partial charge in [-0.15, -0.1) is 0 Å². The molecule has 0 saturated heterocycles.